The maximum Gasteiger partial charge on any atom is 0.297 e. The van der Waals surface area contributed by atoms with Crippen LogP contribution in [0.4, 0.5) is 0 Å². The van der Waals surface area contributed by atoms with Gasteiger partial charge in [-0.15, -0.1) is 0 Å². The number of aromatic nitrogens is 1. The molecule has 1 amide bonds. The van der Waals surface area contributed by atoms with Crippen molar-refractivity contribution in [3.63, 3.8) is 0 Å². The molecule has 0 saturated carbocycles. The highest BCUT2D eigenvalue weighted by atomic mass is 32.2. The van der Waals surface area contributed by atoms with Crippen LogP contribution in [0.1, 0.15) is 38.2 Å². The molecule has 0 atom stereocenters. The predicted octanol–water partition coefficient (Wildman–Crippen LogP) is 2.76. The fraction of sp³-hybridized carbons (Fsp3) is 0.438. The van der Waals surface area contributed by atoms with Gasteiger partial charge < -0.3 is 9.88 Å². The Morgan fingerprint density at radius 1 is 1.22 bits per heavy atom. The Labute approximate surface area is 136 Å². The Balaban J connectivity index is 2.40. The molecule has 0 aliphatic carbocycles. The topological polar surface area (TPSA) is 79.5 Å². The highest BCUT2D eigenvalue weighted by Gasteiger charge is 2.19. The Kier molecular flexibility index (Phi) is 5.11. The first-order valence-electron chi connectivity index (χ1n) is 7.63. The van der Waals surface area contributed by atoms with E-state index in [1.165, 1.54) is 12.1 Å². The number of nitrogens with one attached hydrogen (secondary N) is 1. The van der Waals surface area contributed by atoms with Crippen LogP contribution in [0.15, 0.2) is 29.2 Å². The van der Waals surface area contributed by atoms with Crippen LogP contribution >= 0.6 is 0 Å². The summed E-state index contributed by atoms with van der Waals surface area (Å²) in [6.45, 7) is 8.38. The molecule has 0 spiro atoms. The molecule has 23 heavy (non-hydrogen) atoms. The van der Waals surface area contributed by atoms with E-state index in [0.717, 1.165) is 0 Å². The summed E-state index contributed by atoms with van der Waals surface area (Å²) in [5, 5.41) is 0.661. The molecule has 6 nitrogen and oxygen atoms in total. The van der Waals surface area contributed by atoms with Gasteiger partial charge in [-0.1, -0.05) is 0 Å². The number of H-pyrrole nitrogens is 1. The zero-order valence-corrected chi connectivity index (χ0v) is 14.6. The molecule has 1 aromatic heterocycles. The van der Waals surface area contributed by atoms with E-state index in [-0.39, 0.29) is 10.8 Å². The first kappa shape index (κ1) is 17.5. The van der Waals surface area contributed by atoms with Crippen LogP contribution in [0.25, 0.3) is 10.9 Å². The van der Waals surface area contributed by atoms with Gasteiger partial charge in [0, 0.05) is 24.0 Å². The zero-order chi connectivity index (χ0) is 17.2. The molecule has 2 aromatic rings. The van der Waals surface area contributed by atoms with Gasteiger partial charge in [0.25, 0.3) is 16.0 Å². The second-order valence-electron chi connectivity index (χ2n) is 5.51. The lowest BCUT2D eigenvalue weighted by Crippen LogP contribution is -2.30. The predicted molar refractivity (Wildman–Crippen MR) is 89.0 cm³/mol. The van der Waals surface area contributed by atoms with Crippen molar-refractivity contribution in [2.75, 3.05) is 13.1 Å². The average molecular weight is 338 g/mol. The fourth-order valence-corrected chi connectivity index (χ4v) is 3.50. The number of benzene rings is 1. The second-order valence-corrected chi connectivity index (χ2v) is 7.08. The lowest BCUT2D eigenvalue weighted by molar-refractivity contribution is 0.0768. The third-order valence-corrected chi connectivity index (χ3v) is 4.95. The van der Waals surface area contributed by atoms with Gasteiger partial charge in [0.2, 0.25) is 0 Å². The van der Waals surface area contributed by atoms with E-state index in [2.05, 4.69) is 4.98 Å². The molecule has 0 radical (unpaired) electrons. The summed E-state index contributed by atoms with van der Waals surface area (Å²) >= 11 is 0. The van der Waals surface area contributed by atoms with Crippen LogP contribution in [-0.4, -0.2) is 43.4 Å². The smallest absolute Gasteiger partial charge is 0.297 e. The molecular formula is C16H22N2O4S. The molecule has 0 bridgehead atoms. The third kappa shape index (κ3) is 3.73. The van der Waals surface area contributed by atoms with Crippen LogP contribution in [0, 0.1) is 0 Å². The quantitative estimate of drug-likeness (QED) is 0.821. The van der Waals surface area contributed by atoms with Crippen LogP contribution in [-0.2, 0) is 14.3 Å². The Morgan fingerprint density at radius 2 is 1.87 bits per heavy atom. The summed E-state index contributed by atoms with van der Waals surface area (Å²) < 4.78 is 29.2. The number of hydrogen-bond donors (Lipinski definition) is 1. The van der Waals surface area contributed by atoms with Crippen molar-refractivity contribution in [2.24, 2.45) is 0 Å². The lowest BCUT2D eigenvalue weighted by atomic mass is 10.2. The van der Waals surface area contributed by atoms with Gasteiger partial charge in [-0.25, -0.2) is 0 Å². The van der Waals surface area contributed by atoms with Crippen molar-refractivity contribution in [2.45, 2.75) is 38.7 Å². The minimum absolute atomic E-state index is 0.0829. The van der Waals surface area contributed by atoms with Gasteiger partial charge in [-0.05, 0) is 52.0 Å². The molecule has 126 valence electrons. The van der Waals surface area contributed by atoms with Gasteiger partial charge in [0.15, 0.2) is 0 Å². The van der Waals surface area contributed by atoms with Crippen molar-refractivity contribution in [3.8, 4) is 0 Å². The number of fused-ring (bicyclic) bond motifs is 1. The molecule has 0 aliphatic rings. The third-order valence-electron chi connectivity index (χ3n) is 3.48. The van der Waals surface area contributed by atoms with E-state index in [9.17, 15) is 13.2 Å². The minimum Gasteiger partial charge on any atom is -0.351 e. The number of rotatable bonds is 6. The van der Waals surface area contributed by atoms with Crippen LogP contribution < -0.4 is 0 Å². The maximum atomic E-state index is 12.4. The standard InChI is InChI=1S/C16H22N2O4S/c1-5-18(6-2)16(19)15-10-12-9-13(7-8-14(12)17-15)23(20,21)22-11(3)4/h7-11,17H,5-6H2,1-4H3. The largest absolute Gasteiger partial charge is 0.351 e. The van der Waals surface area contributed by atoms with E-state index in [0.29, 0.717) is 29.7 Å². The van der Waals surface area contributed by atoms with E-state index >= 15 is 0 Å². The van der Waals surface area contributed by atoms with Gasteiger partial charge in [0.05, 0.1) is 11.0 Å². The summed E-state index contributed by atoms with van der Waals surface area (Å²) in [5.41, 5.74) is 1.16. The average Bonchev–Trinajstić information content (AvgIpc) is 2.90. The summed E-state index contributed by atoms with van der Waals surface area (Å²) in [6.07, 6.45) is -0.429. The number of carbonyl (C=O) groups is 1. The summed E-state index contributed by atoms with van der Waals surface area (Å²) in [4.78, 5) is 17.2. The summed E-state index contributed by atoms with van der Waals surface area (Å²) in [6, 6.07) is 6.31. The molecule has 0 saturated heterocycles. The molecular weight excluding hydrogens is 316 g/mol. The fourth-order valence-electron chi connectivity index (χ4n) is 2.37. The first-order valence-corrected chi connectivity index (χ1v) is 9.04. The van der Waals surface area contributed by atoms with Crippen LogP contribution in [0.2, 0.25) is 0 Å². The monoisotopic (exact) mass is 338 g/mol. The Morgan fingerprint density at radius 3 is 2.43 bits per heavy atom. The van der Waals surface area contributed by atoms with Crippen LogP contribution in [0.3, 0.4) is 0 Å². The first-order chi connectivity index (χ1) is 10.8. The molecule has 2 rings (SSSR count). The van der Waals surface area contributed by atoms with Gasteiger partial charge in [-0.3, -0.25) is 8.98 Å². The van der Waals surface area contributed by atoms with Gasteiger partial charge >= 0.3 is 0 Å². The molecule has 1 heterocycles. The number of aromatic amines is 1. The van der Waals surface area contributed by atoms with Gasteiger partial charge in [0.1, 0.15) is 5.69 Å². The molecule has 1 N–H and O–H groups in total. The van der Waals surface area contributed by atoms with E-state index in [4.69, 9.17) is 4.18 Å². The van der Waals surface area contributed by atoms with Crippen molar-refractivity contribution in [3.05, 3.63) is 30.0 Å². The number of amides is 1. The Hall–Kier alpha value is -1.86. The maximum absolute atomic E-state index is 12.4. The van der Waals surface area contributed by atoms with Crippen molar-refractivity contribution in [1.82, 2.24) is 9.88 Å². The molecule has 1 aromatic carbocycles. The van der Waals surface area contributed by atoms with E-state index in [1.807, 2.05) is 13.8 Å². The van der Waals surface area contributed by atoms with Crippen LogP contribution in [0.5, 0.6) is 0 Å². The normalized spacial score (nSPS) is 12.0. The number of hydrogen-bond acceptors (Lipinski definition) is 4. The zero-order valence-electron chi connectivity index (χ0n) is 13.8. The number of nitrogens with zero attached hydrogens (tertiary/aromatic N) is 1. The molecule has 0 unspecified atom stereocenters. The Bertz CT molecular complexity index is 805. The molecule has 0 fully saturated rings. The second kappa shape index (κ2) is 6.72. The highest BCUT2D eigenvalue weighted by molar-refractivity contribution is 7.86. The van der Waals surface area contributed by atoms with Crippen molar-refractivity contribution < 1.29 is 17.4 Å². The number of carbonyl (C=O) groups excluding carboxylic acids is 1. The summed E-state index contributed by atoms with van der Waals surface area (Å²) in [7, 11) is -3.80. The highest BCUT2D eigenvalue weighted by Crippen LogP contribution is 2.22. The van der Waals surface area contributed by atoms with Crippen molar-refractivity contribution in [1.29, 1.82) is 0 Å². The van der Waals surface area contributed by atoms with E-state index < -0.39 is 16.2 Å². The lowest BCUT2D eigenvalue weighted by Gasteiger charge is -2.17. The molecule has 7 heteroatoms. The minimum atomic E-state index is -3.80. The SMILES string of the molecule is CCN(CC)C(=O)c1cc2cc(S(=O)(=O)OC(C)C)ccc2[nH]1. The van der Waals surface area contributed by atoms with Gasteiger partial charge in [-0.2, -0.15) is 8.42 Å². The summed E-state index contributed by atoms with van der Waals surface area (Å²) in [5.74, 6) is -0.103. The van der Waals surface area contributed by atoms with Crippen molar-refractivity contribution >= 4 is 26.9 Å². The van der Waals surface area contributed by atoms with E-state index in [1.54, 1.807) is 30.9 Å². The molecule has 0 aliphatic heterocycles.